The van der Waals surface area contributed by atoms with Crippen LogP contribution in [0.25, 0.3) is 0 Å². The number of thioether (sulfide) groups is 1. The smallest absolute Gasteiger partial charge is 0.270 e. The summed E-state index contributed by atoms with van der Waals surface area (Å²) in [6.45, 7) is 0. The molecule has 0 atom stereocenters. The van der Waals surface area contributed by atoms with Crippen LogP contribution in [0.5, 0.6) is 11.5 Å². The van der Waals surface area contributed by atoms with Gasteiger partial charge in [-0.05, 0) is 30.3 Å². The van der Waals surface area contributed by atoms with Crippen molar-refractivity contribution in [3.8, 4) is 11.5 Å². The summed E-state index contributed by atoms with van der Waals surface area (Å²) < 4.78 is 10.4. The van der Waals surface area contributed by atoms with Gasteiger partial charge in [0.15, 0.2) is 0 Å². The minimum absolute atomic E-state index is 0.0923. The van der Waals surface area contributed by atoms with Gasteiger partial charge in [-0.3, -0.25) is 19.7 Å². The topological polar surface area (TPSA) is 120 Å². The van der Waals surface area contributed by atoms with E-state index in [1.54, 1.807) is 36.4 Å². The van der Waals surface area contributed by atoms with Crippen molar-refractivity contribution in [2.75, 3.05) is 30.6 Å². The standard InChI is InChI=1S/C23H20ClN3O6S/c1-32-20-12-21(33-2)19(11-18(20)24)26-22(28)13-34-17-8-4-6-15(10-17)25-23(29)14-5-3-7-16(9-14)27(30)31/h3-12H,13H2,1-2H3,(H,25,29)(H,26,28). The zero-order valence-electron chi connectivity index (χ0n) is 18.2. The van der Waals surface area contributed by atoms with E-state index in [-0.39, 0.29) is 22.9 Å². The highest BCUT2D eigenvalue weighted by molar-refractivity contribution is 8.00. The summed E-state index contributed by atoms with van der Waals surface area (Å²) in [4.78, 5) is 36.0. The number of hydrogen-bond donors (Lipinski definition) is 2. The zero-order valence-corrected chi connectivity index (χ0v) is 19.7. The van der Waals surface area contributed by atoms with Gasteiger partial charge >= 0.3 is 0 Å². The average molecular weight is 502 g/mol. The number of hydrogen-bond acceptors (Lipinski definition) is 7. The molecular weight excluding hydrogens is 482 g/mol. The van der Waals surface area contributed by atoms with Crippen molar-refractivity contribution in [3.05, 3.63) is 81.4 Å². The molecule has 0 spiro atoms. The lowest BCUT2D eigenvalue weighted by atomic mass is 10.2. The number of halogens is 1. The van der Waals surface area contributed by atoms with Gasteiger partial charge in [0.2, 0.25) is 5.91 Å². The van der Waals surface area contributed by atoms with Crippen LogP contribution in [0.4, 0.5) is 17.1 Å². The summed E-state index contributed by atoms with van der Waals surface area (Å²) in [6.07, 6.45) is 0. The number of nitro benzene ring substituents is 1. The number of methoxy groups -OCH3 is 2. The summed E-state index contributed by atoms with van der Waals surface area (Å²) in [5.74, 6) is 0.165. The normalized spacial score (nSPS) is 10.3. The Hall–Kier alpha value is -3.76. The Morgan fingerprint density at radius 3 is 2.44 bits per heavy atom. The molecular formula is C23H20ClN3O6S. The van der Waals surface area contributed by atoms with Gasteiger partial charge in [0.05, 0.1) is 35.6 Å². The summed E-state index contributed by atoms with van der Waals surface area (Å²) in [7, 11) is 2.95. The number of nitrogens with one attached hydrogen (secondary N) is 2. The highest BCUT2D eigenvalue weighted by Gasteiger charge is 2.14. The fraction of sp³-hybridized carbons (Fsp3) is 0.130. The number of nitro groups is 1. The quantitative estimate of drug-likeness (QED) is 0.233. The Balaban J connectivity index is 1.62. The highest BCUT2D eigenvalue weighted by Crippen LogP contribution is 2.36. The lowest BCUT2D eigenvalue weighted by Crippen LogP contribution is -2.15. The monoisotopic (exact) mass is 501 g/mol. The van der Waals surface area contributed by atoms with Crippen LogP contribution in [0, 0.1) is 10.1 Å². The molecule has 0 aliphatic rings. The van der Waals surface area contributed by atoms with E-state index in [4.69, 9.17) is 21.1 Å². The number of benzene rings is 3. The maximum atomic E-state index is 12.5. The first-order valence-electron chi connectivity index (χ1n) is 9.80. The van der Waals surface area contributed by atoms with Crippen molar-refractivity contribution < 1.29 is 24.0 Å². The molecule has 176 valence electrons. The van der Waals surface area contributed by atoms with Gasteiger partial charge < -0.3 is 20.1 Å². The minimum atomic E-state index is -0.561. The molecule has 0 bridgehead atoms. The first-order valence-corrected chi connectivity index (χ1v) is 11.2. The van der Waals surface area contributed by atoms with E-state index in [1.807, 2.05) is 0 Å². The van der Waals surface area contributed by atoms with Crippen molar-refractivity contribution in [1.29, 1.82) is 0 Å². The van der Waals surface area contributed by atoms with Gasteiger partial charge in [0.1, 0.15) is 11.5 Å². The van der Waals surface area contributed by atoms with Gasteiger partial charge in [-0.25, -0.2) is 0 Å². The molecule has 0 aromatic heterocycles. The van der Waals surface area contributed by atoms with E-state index in [0.717, 1.165) is 4.90 Å². The Labute approximate surface area is 204 Å². The molecule has 34 heavy (non-hydrogen) atoms. The SMILES string of the molecule is COc1cc(OC)c(NC(=O)CSc2cccc(NC(=O)c3cccc([N+](=O)[O-])c3)c2)cc1Cl. The average Bonchev–Trinajstić information content (AvgIpc) is 2.83. The maximum absolute atomic E-state index is 12.5. The predicted molar refractivity (Wildman–Crippen MR) is 131 cm³/mol. The Kier molecular flexibility index (Phi) is 8.34. The van der Waals surface area contributed by atoms with E-state index in [0.29, 0.717) is 27.9 Å². The third kappa shape index (κ3) is 6.40. The number of amides is 2. The van der Waals surface area contributed by atoms with Crippen molar-refractivity contribution in [2.45, 2.75) is 4.90 Å². The van der Waals surface area contributed by atoms with Crippen LogP contribution < -0.4 is 20.1 Å². The fourth-order valence-electron chi connectivity index (χ4n) is 2.92. The molecule has 2 amide bonds. The molecule has 2 N–H and O–H groups in total. The van der Waals surface area contributed by atoms with Gasteiger partial charge in [-0.15, -0.1) is 11.8 Å². The van der Waals surface area contributed by atoms with Crippen molar-refractivity contribution in [2.24, 2.45) is 0 Å². The van der Waals surface area contributed by atoms with Crippen LogP contribution >= 0.6 is 23.4 Å². The summed E-state index contributed by atoms with van der Waals surface area (Å²) in [5.41, 5.74) is 0.902. The molecule has 11 heteroatoms. The van der Waals surface area contributed by atoms with Crippen molar-refractivity contribution in [1.82, 2.24) is 0 Å². The second-order valence-electron chi connectivity index (χ2n) is 6.81. The molecule has 3 aromatic carbocycles. The summed E-state index contributed by atoms with van der Waals surface area (Å²) in [5, 5.41) is 16.7. The predicted octanol–water partition coefficient (Wildman–Crippen LogP) is 5.25. The van der Waals surface area contributed by atoms with Crippen LogP contribution in [-0.2, 0) is 4.79 Å². The molecule has 0 aliphatic heterocycles. The minimum Gasteiger partial charge on any atom is -0.495 e. The van der Waals surface area contributed by atoms with Crippen molar-refractivity contribution >= 4 is 52.2 Å². The molecule has 0 unspecified atom stereocenters. The Morgan fingerprint density at radius 2 is 1.74 bits per heavy atom. The van der Waals surface area contributed by atoms with Crippen LogP contribution in [0.2, 0.25) is 5.02 Å². The molecule has 0 saturated carbocycles. The van der Waals surface area contributed by atoms with Crippen LogP contribution in [0.3, 0.4) is 0 Å². The number of anilines is 2. The van der Waals surface area contributed by atoms with E-state index in [9.17, 15) is 19.7 Å². The zero-order chi connectivity index (χ0) is 24.7. The van der Waals surface area contributed by atoms with Gasteiger partial charge in [0.25, 0.3) is 11.6 Å². The fourth-order valence-corrected chi connectivity index (χ4v) is 3.92. The number of nitrogens with zero attached hydrogens (tertiary/aromatic N) is 1. The molecule has 0 aliphatic carbocycles. The van der Waals surface area contributed by atoms with Gasteiger partial charge in [-0.1, -0.05) is 23.7 Å². The van der Waals surface area contributed by atoms with E-state index < -0.39 is 10.8 Å². The largest absolute Gasteiger partial charge is 0.495 e. The molecule has 0 heterocycles. The number of non-ortho nitro benzene ring substituents is 1. The highest BCUT2D eigenvalue weighted by atomic mass is 35.5. The van der Waals surface area contributed by atoms with E-state index in [2.05, 4.69) is 10.6 Å². The number of carbonyl (C=O) groups excluding carboxylic acids is 2. The van der Waals surface area contributed by atoms with Crippen LogP contribution in [0.1, 0.15) is 10.4 Å². The van der Waals surface area contributed by atoms with Gasteiger partial charge in [-0.2, -0.15) is 0 Å². The lowest BCUT2D eigenvalue weighted by molar-refractivity contribution is -0.384. The molecule has 0 radical (unpaired) electrons. The molecule has 0 saturated heterocycles. The van der Waals surface area contributed by atoms with Gasteiger partial charge in [0, 0.05) is 34.3 Å². The third-order valence-electron chi connectivity index (χ3n) is 4.53. The molecule has 0 fully saturated rings. The molecule has 3 aromatic rings. The van der Waals surface area contributed by atoms with E-state index >= 15 is 0 Å². The number of ether oxygens (including phenoxy) is 2. The Morgan fingerprint density at radius 1 is 1.00 bits per heavy atom. The number of rotatable bonds is 9. The van der Waals surface area contributed by atoms with Crippen LogP contribution in [0.15, 0.2) is 65.6 Å². The van der Waals surface area contributed by atoms with E-state index in [1.165, 1.54) is 50.2 Å². The van der Waals surface area contributed by atoms with Crippen molar-refractivity contribution in [3.63, 3.8) is 0 Å². The van der Waals surface area contributed by atoms with Crippen LogP contribution in [-0.4, -0.2) is 36.7 Å². The summed E-state index contributed by atoms with van der Waals surface area (Å²) >= 11 is 7.40. The second kappa shape index (κ2) is 11.4. The Bertz CT molecular complexity index is 1240. The first kappa shape index (κ1) is 24.9. The lowest BCUT2D eigenvalue weighted by Gasteiger charge is -2.13. The first-order chi connectivity index (χ1) is 16.3. The molecule has 9 nitrogen and oxygen atoms in total. The maximum Gasteiger partial charge on any atom is 0.270 e. The summed E-state index contributed by atoms with van der Waals surface area (Å²) in [6, 6.07) is 15.5. The second-order valence-corrected chi connectivity index (χ2v) is 8.27. The molecule has 3 rings (SSSR count). The third-order valence-corrected chi connectivity index (χ3v) is 5.82. The number of carbonyl (C=O) groups is 2.